The van der Waals surface area contributed by atoms with Gasteiger partial charge in [0.15, 0.2) is 9.84 Å². The van der Waals surface area contributed by atoms with Crippen LogP contribution in [0, 0.1) is 0 Å². The lowest BCUT2D eigenvalue weighted by molar-refractivity contribution is 0.0958. The average molecular weight is 315 g/mol. The lowest BCUT2D eigenvalue weighted by atomic mass is 10.2. The van der Waals surface area contributed by atoms with Crippen LogP contribution >= 0.6 is 0 Å². The number of carbonyl (C=O) groups is 1. The first-order chi connectivity index (χ1) is 10.5. The van der Waals surface area contributed by atoms with Crippen LogP contribution in [-0.2, 0) is 9.84 Å². The van der Waals surface area contributed by atoms with Crippen molar-refractivity contribution in [1.82, 2.24) is 5.32 Å². The first-order valence-corrected chi connectivity index (χ1v) is 8.66. The lowest BCUT2D eigenvalue weighted by Crippen LogP contribution is -2.23. The van der Waals surface area contributed by atoms with Gasteiger partial charge in [0.05, 0.1) is 4.90 Å². The Morgan fingerprint density at radius 1 is 1.09 bits per heavy atom. The highest BCUT2D eigenvalue weighted by Crippen LogP contribution is 2.11. The van der Waals surface area contributed by atoms with E-state index in [0.29, 0.717) is 12.1 Å². The summed E-state index contributed by atoms with van der Waals surface area (Å²) in [4.78, 5) is 12.1. The number of carbonyl (C=O) groups excluding carboxylic acids is 1. The van der Waals surface area contributed by atoms with Crippen LogP contribution in [0.2, 0.25) is 0 Å². The second-order valence-electron chi connectivity index (χ2n) is 4.82. The molecule has 0 unspecified atom stereocenters. The summed E-state index contributed by atoms with van der Waals surface area (Å²) < 4.78 is 23.0. The molecule has 0 heterocycles. The highest BCUT2D eigenvalue weighted by Gasteiger charge is 2.10. The van der Waals surface area contributed by atoms with Crippen LogP contribution in [0.25, 0.3) is 6.08 Å². The van der Waals surface area contributed by atoms with Crippen molar-refractivity contribution < 1.29 is 13.2 Å². The van der Waals surface area contributed by atoms with Gasteiger partial charge in [-0.25, -0.2) is 8.42 Å². The van der Waals surface area contributed by atoms with Gasteiger partial charge in [0.1, 0.15) is 0 Å². The summed E-state index contributed by atoms with van der Waals surface area (Å²) in [5.41, 5.74) is 1.38. The van der Waals surface area contributed by atoms with E-state index in [-0.39, 0.29) is 10.8 Å². The molecule has 0 aromatic heterocycles. The normalized spacial score (nSPS) is 11.5. The summed E-state index contributed by atoms with van der Waals surface area (Å²) in [5.74, 6) is -0.303. The molecule has 0 aliphatic heterocycles. The van der Waals surface area contributed by atoms with Gasteiger partial charge >= 0.3 is 0 Å². The summed E-state index contributed by atoms with van der Waals surface area (Å²) in [6, 6.07) is 15.8. The fraction of sp³-hybridized carbons (Fsp3) is 0.118. The second kappa shape index (κ2) is 7.04. The Balaban J connectivity index is 1.97. The molecule has 0 radical (unpaired) electrons. The topological polar surface area (TPSA) is 63.2 Å². The molecule has 1 N–H and O–H groups in total. The van der Waals surface area contributed by atoms with Gasteiger partial charge in [-0.15, -0.1) is 0 Å². The zero-order valence-electron chi connectivity index (χ0n) is 12.2. The number of benzene rings is 2. The van der Waals surface area contributed by atoms with Crippen LogP contribution < -0.4 is 5.32 Å². The van der Waals surface area contributed by atoms with E-state index in [1.807, 2.05) is 42.5 Å². The Hall–Kier alpha value is -2.40. The van der Waals surface area contributed by atoms with Gasteiger partial charge < -0.3 is 5.32 Å². The van der Waals surface area contributed by atoms with Gasteiger partial charge in [-0.05, 0) is 23.8 Å². The molecular formula is C17H17NO3S. The fourth-order valence-corrected chi connectivity index (χ4v) is 2.55. The molecule has 0 spiro atoms. The van der Waals surface area contributed by atoms with Gasteiger partial charge in [-0.1, -0.05) is 48.6 Å². The zero-order valence-corrected chi connectivity index (χ0v) is 13.0. The minimum atomic E-state index is -3.31. The maximum absolute atomic E-state index is 12.0. The van der Waals surface area contributed by atoms with E-state index in [4.69, 9.17) is 0 Å². The van der Waals surface area contributed by atoms with Gasteiger partial charge in [-0.3, -0.25) is 4.79 Å². The molecule has 22 heavy (non-hydrogen) atoms. The summed E-state index contributed by atoms with van der Waals surface area (Å²) >= 11 is 0. The number of amides is 1. The summed E-state index contributed by atoms with van der Waals surface area (Å²) in [6.45, 7) is 0.372. The minimum Gasteiger partial charge on any atom is -0.349 e. The maximum Gasteiger partial charge on any atom is 0.251 e. The Labute approximate surface area is 130 Å². The van der Waals surface area contributed by atoms with Crippen LogP contribution in [-0.4, -0.2) is 27.1 Å². The molecule has 0 bridgehead atoms. The highest BCUT2D eigenvalue weighted by atomic mass is 32.2. The van der Waals surface area contributed by atoms with Crippen molar-refractivity contribution >= 4 is 21.8 Å². The van der Waals surface area contributed by atoms with E-state index in [9.17, 15) is 13.2 Å². The molecule has 2 aromatic carbocycles. The molecular weight excluding hydrogens is 298 g/mol. The number of hydrogen-bond acceptors (Lipinski definition) is 3. The molecule has 4 nitrogen and oxygen atoms in total. The minimum absolute atomic E-state index is 0.139. The predicted molar refractivity (Wildman–Crippen MR) is 87.4 cm³/mol. The fourth-order valence-electron chi connectivity index (χ4n) is 1.88. The summed E-state index contributed by atoms with van der Waals surface area (Å²) in [5, 5.41) is 2.73. The van der Waals surface area contributed by atoms with Crippen LogP contribution in [0.3, 0.4) is 0 Å². The van der Waals surface area contributed by atoms with Crippen molar-refractivity contribution in [3.8, 4) is 0 Å². The second-order valence-corrected chi connectivity index (χ2v) is 6.84. The van der Waals surface area contributed by atoms with Crippen molar-refractivity contribution in [1.29, 1.82) is 0 Å². The van der Waals surface area contributed by atoms with Crippen molar-refractivity contribution in [3.63, 3.8) is 0 Å². The predicted octanol–water partition coefficient (Wildman–Crippen LogP) is 2.53. The molecule has 1 amide bonds. The Kier molecular flexibility index (Phi) is 5.12. The van der Waals surface area contributed by atoms with Crippen molar-refractivity contribution in [2.24, 2.45) is 0 Å². The quantitative estimate of drug-likeness (QED) is 0.922. The molecule has 0 saturated carbocycles. The lowest BCUT2D eigenvalue weighted by Gasteiger charge is -2.04. The van der Waals surface area contributed by atoms with E-state index >= 15 is 0 Å². The van der Waals surface area contributed by atoms with Crippen LogP contribution in [0.1, 0.15) is 15.9 Å². The van der Waals surface area contributed by atoms with E-state index < -0.39 is 9.84 Å². The van der Waals surface area contributed by atoms with Crippen LogP contribution in [0.4, 0.5) is 0 Å². The third-order valence-electron chi connectivity index (χ3n) is 3.01. The largest absolute Gasteiger partial charge is 0.349 e. The van der Waals surface area contributed by atoms with Gasteiger partial charge in [0, 0.05) is 18.4 Å². The number of rotatable bonds is 5. The molecule has 0 saturated heterocycles. The van der Waals surface area contributed by atoms with Crippen LogP contribution in [0.15, 0.2) is 65.6 Å². The molecule has 0 aliphatic rings. The number of hydrogen-bond donors (Lipinski definition) is 1. The van der Waals surface area contributed by atoms with Gasteiger partial charge in [0.2, 0.25) is 0 Å². The molecule has 0 atom stereocenters. The zero-order chi connectivity index (χ0) is 16.0. The Bertz CT molecular complexity index is 781. The standard InChI is InChI=1S/C17H17NO3S/c1-22(20,21)16-11-5-10-15(13-16)17(19)18-12-6-9-14-7-3-2-4-8-14/h2-11,13H,12H2,1H3,(H,18,19)/b9-6-. The third-order valence-corrected chi connectivity index (χ3v) is 4.12. The Morgan fingerprint density at radius 2 is 1.82 bits per heavy atom. The SMILES string of the molecule is CS(=O)(=O)c1cccc(C(=O)NC/C=C\c2ccccc2)c1. The highest BCUT2D eigenvalue weighted by molar-refractivity contribution is 7.90. The Morgan fingerprint density at radius 3 is 2.50 bits per heavy atom. The van der Waals surface area contributed by atoms with E-state index in [1.54, 1.807) is 12.1 Å². The maximum atomic E-state index is 12.0. The van der Waals surface area contributed by atoms with E-state index in [1.165, 1.54) is 12.1 Å². The van der Waals surface area contributed by atoms with Crippen molar-refractivity contribution in [2.75, 3.05) is 12.8 Å². The monoisotopic (exact) mass is 315 g/mol. The first-order valence-electron chi connectivity index (χ1n) is 6.77. The van der Waals surface area contributed by atoms with Crippen molar-refractivity contribution in [3.05, 3.63) is 71.8 Å². The number of nitrogens with one attached hydrogen (secondary N) is 1. The van der Waals surface area contributed by atoms with Gasteiger partial charge in [0.25, 0.3) is 5.91 Å². The molecule has 5 heteroatoms. The average Bonchev–Trinajstić information content (AvgIpc) is 2.52. The van der Waals surface area contributed by atoms with Crippen molar-refractivity contribution in [2.45, 2.75) is 4.90 Å². The summed E-state index contributed by atoms with van der Waals surface area (Å²) in [6.07, 6.45) is 4.87. The molecule has 0 aliphatic carbocycles. The molecule has 2 rings (SSSR count). The summed E-state index contributed by atoms with van der Waals surface area (Å²) in [7, 11) is -3.31. The van der Waals surface area contributed by atoms with E-state index in [0.717, 1.165) is 11.8 Å². The number of sulfone groups is 1. The third kappa shape index (κ3) is 4.56. The van der Waals surface area contributed by atoms with Gasteiger partial charge in [-0.2, -0.15) is 0 Å². The first kappa shape index (κ1) is 16.0. The molecule has 0 fully saturated rings. The van der Waals surface area contributed by atoms with E-state index in [2.05, 4.69) is 5.32 Å². The van der Waals surface area contributed by atoms with Crippen LogP contribution in [0.5, 0.6) is 0 Å². The molecule has 2 aromatic rings. The molecule has 114 valence electrons. The smallest absolute Gasteiger partial charge is 0.251 e.